The Bertz CT molecular complexity index is 2270. The Morgan fingerprint density at radius 2 is 1.36 bits per heavy atom. The van der Waals surface area contributed by atoms with Crippen molar-refractivity contribution in [2.75, 3.05) is 0 Å². The molecule has 3 aromatic heterocycles. The summed E-state index contributed by atoms with van der Waals surface area (Å²) in [5.74, 6) is 0.638. The second-order valence-corrected chi connectivity index (χ2v) is 10.5. The van der Waals surface area contributed by atoms with Crippen LogP contribution in [0.5, 0.6) is 0 Å². The predicted molar refractivity (Wildman–Crippen MR) is 161 cm³/mol. The Hall–Kier alpha value is -4.96. The standard InChI is InChI=1S/C35H25N3O/c1-20-8-6-10-23(18-20)31-27-11-4-5-13-29(27)36-35(37-31)38-30-17-14-21(2)19-28(30)24-15-16-26-25-12-7-9-22(3)33(25)39-34(26)32(24)38/h4-19H,1-3H3. The topological polar surface area (TPSA) is 43.9 Å². The first-order valence-electron chi connectivity index (χ1n) is 13.3. The monoisotopic (exact) mass is 503 g/mol. The van der Waals surface area contributed by atoms with E-state index >= 15 is 0 Å². The van der Waals surface area contributed by atoms with Crippen LogP contribution < -0.4 is 0 Å². The molecule has 0 aliphatic carbocycles. The summed E-state index contributed by atoms with van der Waals surface area (Å²) in [6, 6.07) is 34.1. The lowest BCUT2D eigenvalue weighted by atomic mass is 10.0. The number of hydrogen-bond acceptors (Lipinski definition) is 3. The molecule has 0 radical (unpaired) electrons. The Kier molecular flexibility index (Phi) is 4.54. The summed E-state index contributed by atoms with van der Waals surface area (Å²) in [7, 11) is 0. The Morgan fingerprint density at radius 1 is 0.590 bits per heavy atom. The molecule has 8 aromatic rings. The Morgan fingerprint density at radius 3 is 2.26 bits per heavy atom. The number of nitrogens with zero attached hydrogens (tertiary/aromatic N) is 3. The first kappa shape index (κ1) is 22.1. The largest absolute Gasteiger partial charge is 0.454 e. The summed E-state index contributed by atoms with van der Waals surface area (Å²) in [6.45, 7) is 6.35. The van der Waals surface area contributed by atoms with Gasteiger partial charge in [-0.25, -0.2) is 9.97 Å². The SMILES string of the molecule is Cc1cccc(-c2nc(-n3c4ccc(C)cc4c4ccc5c6cccc(C)c6oc5c43)nc3ccccc23)c1. The van der Waals surface area contributed by atoms with Gasteiger partial charge in [-0.15, -0.1) is 0 Å². The lowest BCUT2D eigenvalue weighted by molar-refractivity contribution is 0.667. The molecule has 4 nitrogen and oxygen atoms in total. The molecule has 0 saturated heterocycles. The lowest BCUT2D eigenvalue weighted by Crippen LogP contribution is -2.03. The van der Waals surface area contributed by atoms with Crippen molar-refractivity contribution in [1.82, 2.24) is 14.5 Å². The summed E-state index contributed by atoms with van der Waals surface area (Å²) in [6.07, 6.45) is 0. The number of para-hydroxylation sites is 2. The summed E-state index contributed by atoms with van der Waals surface area (Å²) < 4.78 is 8.85. The van der Waals surface area contributed by atoms with Gasteiger partial charge in [-0.3, -0.25) is 4.57 Å². The zero-order valence-electron chi connectivity index (χ0n) is 22.0. The molecule has 4 heteroatoms. The van der Waals surface area contributed by atoms with E-state index in [1.54, 1.807) is 0 Å². The molecule has 0 atom stereocenters. The summed E-state index contributed by atoms with van der Waals surface area (Å²) in [5.41, 5.74) is 10.3. The zero-order valence-corrected chi connectivity index (χ0v) is 22.0. The van der Waals surface area contributed by atoms with E-state index in [0.29, 0.717) is 5.95 Å². The highest BCUT2D eigenvalue weighted by atomic mass is 16.3. The quantitative estimate of drug-likeness (QED) is 0.236. The third-order valence-corrected chi connectivity index (χ3v) is 7.83. The average Bonchev–Trinajstić information content (AvgIpc) is 3.49. The van der Waals surface area contributed by atoms with Crippen LogP contribution in [-0.2, 0) is 0 Å². The number of aryl methyl sites for hydroxylation is 3. The Balaban J connectivity index is 1.57. The predicted octanol–water partition coefficient (Wildman–Crippen LogP) is 9.22. The molecule has 186 valence electrons. The maximum absolute atomic E-state index is 6.66. The molecule has 0 unspecified atom stereocenters. The molecule has 0 N–H and O–H groups in total. The first-order valence-corrected chi connectivity index (χ1v) is 13.3. The minimum atomic E-state index is 0.638. The van der Waals surface area contributed by atoms with Crippen LogP contribution in [0.4, 0.5) is 0 Å². The van der Waals surface area contributed by atoms with Crippen LogP contribution in [0.1, 0.15) is 16.7 Å². The zero-order chi connectivity index (χ0) is 26.2. The number of hydrogen-bond donors (Lipinski definition) is 0. The van der Waals surface area contributed by atoms with E-state index in [-0.39, 0.29) is 0 Å². The van der Waals surface area contributed by atoms with Crippen LogP contribution in [0.3, 0.4) is 0 Å². The molecule has 39 heavy (non-hydrogen) atoms. The van der Waals surface area contributed by atoms with E-state index < -0.39 is 0 Å². The molecule has 0 spiro atoms. The molecule has 5 aromatic carbocycles. The molecule has 0 amide bonds. The fourth-order valence-electron chi connectivity index (χ4n) is 5.99. The van der Waals surface area contributed by atoms with Gasteiger partial charge in [0.25, 0.3) is 0 Å². The second kappa shape index (κ2) is 8.02. The fourth-order valence-corrected chi connectivity index (χ4v) is 5.99. The van der Waals surface area contributed by atoms with Crippen molar-refractivity contribution in [2.45, 2.75) is 20.8 Å². The number of benzene rings is 5. The van der Waals surface area contributed by atoms with Gasteiger partial charge in [0.2, 0.25) is 5.95 Å². The highest BCUT2D eigenvalue weighted by molar-refractivity contribution is 6.21. The van der Waals surface area contributed by atoms with E-state index in [9.17, 15) is 0 Å². The fraction of sp³-hybridized carbons (Fsp3) is 0.0857. The second-order valence-electron chi connectivity index (χ2n) is 10.5. The van der Waals surface area contributed by atoms with Gasteiger partial charge in [-0.2, -0.15) is 0 Å². The van der Waals surface area contributed by atoms with Crippen molar-refractivity contribution in [1.29, 1.82) is 0 Å². The Labute approximate surface area is 225 Å². The van der Waals surface area contributed by atoms with Crippen LogP contribution in [0.25, 0.3) is 71.9 Å². The number of rotatable bonds is 2. The van der Waals surface area contributed by atoms with E-state index in [2.05, 4.69) is 110 Å². The maximum Gasteiger partial charge on any atom is 0.235 e. The average molecular weight is 504 g/mol. The van der Waals surface area contributed by atoms with Crippen molar-refractivity contribution in [2.24, 2.45) is 0 Å². The molecular weight excluding hydrogens is 478 g/mol. The molecule has 0 bridgehead atoms. The molecule has 0 fully saturated rings. The van der Waals surface area contributed by atoms with E-state index in [1.807, 2.05) is 12.1 Å². The van der Waals surface area contributed by atoms with Gasteiger partial charge in [0.1, 0.15) is 11.1 Å². The smallest absolute Gasteiger partial charge is 0.235 e. The summed E-state index contributed by atoms with van der Waals surface area (Å²) >= 11 is 0. The van der Waals surface area contributed by atoms with Gasteiger partial charge in [0.05, 0.1) is 16.7 Å². The van der Waals surface area contributed by atoms with Crippen molar-refractivity contribution < 1.29 is 4.42 Å². The van der Waals surface area contributed by atoms with Crippen LogP contribution in [-0.4, -0.2) is 14.5 Å². The molecule has 8 rings (SSSR count). The molecule has 0 aliphatic heterocycles. The number of aromatic nitrogens is 3. The number of fused-ring (bicyclic) bond motifs is 8. The number of furan rings is 1. The van der Waals surface area contributed by atoms with Gasteiger partial charge < -0.3 is 4.42 Å². The molecule has 0 aliphatic rings. The molecular formula is C35H25N3O. The molecule has 0 saturated carbocycles. The van der Waals surface area contributed by atoms with E-state index in [0.717, 1.165) is 71.5 Å². The van der Waals surface area contributed by atoms with Crippen LogP contribution in [0, 0.1) is 20.8 Å². The van der Waals surface area contributed by atoms with Crippen molar-refractivity contribution in [3.63, 3.8) is 0 Å². The van der Waals surface area contributed by atoms with Crippen LogP contribution >= 0.6 is 0 Å². The van der Waals surface area contributed by atoms with Gasteiger partial charge >= 0.3 is 0 Å². The minimum Gasteiger partial charge on any atom is -0.454 e. The maximum atomic E-state index is 6.66. The van der Waals surface area contributed by atoms with E-state index in [1.165, 1.54) is 11.1 Å². The highest BCUT2D eigenvalue weighted by Gasteiger charge is 2.22. The molecule has 3 heterocycles. The van der Waals surface area contributed by atoms with Crippen molar-refractivity contribution >= 4 is 54.6 Å². The van der Waals surface area contributed by atoms with Crippen molar-refractivity contribution in [3.05, 3.63) is 114 Å². The highest BCUT2D eigenvalue weighted by Crippen LogP contribution is 2.41. The van der Waals surface area contributed by atoms with Crippen molar-refractivity contribution in [3.8, 4) is 17.2 Å². The lowest BCUT2D eigenvalue weighted by Gasteiger charge is -2.12. The summed E-state index contributed by atoms with van der Waals surface area (Å²) in [5, 5.41) is 5.55. The normalized spacial score (nSPS) is 12.0. The first-order chi connectivity index (χ1) is 19.1. The third-order valence-electron chi connectivity index (χ3n) is 7.83. The van der Waals surface area contributed by atoms with Gasteiger partial charge in [0.15, 0.2) is 5.58 Å². The van der Waals surface area contributed by atoms with Crippen LogP contribution in [0.15, 0.2) is 101 Å². The third kappa shape index (κ3) is 3.18. The van der Waals surface area contributed by atoms with Gasteiger partial charge in [-0.05, 0) is 56.7 Å². The van der Waals surface area contributed by atoms with Gasteiger partial charge in [-0.1, -0.05) is 77.9 Å². The minimum absolute atomic E-state index is 0.638. The summed E-state index contributed by atoms with van der Waals surface area (Å²) in [4.78, 5) is 10.4. The van der Waals surface area contributed by atoms with Crippen LogP contribution in [0.2, 0.25) is 0 Å². The van der Waals surface area contributed by atoms with Gasteiger partial charge in [0, 0.05) is 32.5 Å². The van der Waals surface area contributed by atoms with E-state index in [4.69, 9.17) is 14.4 Å².